The molecule has 0 bridgehead atoms. The van der Waals surface area contributed by atoms with Gasteiger partial charge in [0.25, 0.3) is 5.69 Å². The van der Waals surface area contributed by atoms with Crippen molar-refractivity contribution in [3.05, 3.63) is 34.4 Å². The second-order valence-electron chi connectivity index (χ2n) is 14.5. The Balaban J connectivity index is 1.61. The predicted octanol–water partition coefficient (Wildman–Crippen LogP) is 7.65. The monoisotopic (exact) mass is 892 g/mol. The Morgan fingerprint density at radius 2 is 0.548 bits per heavy atom. The van der Waals surface area contributed by atoms with Gasteiger partial charge in [0.15, 0.2) is 0 Å². The minimum absolute atomic E-state index is 0.0261. The summed E-state index contributed by atoms with van der Waals surface area (Å²) in [5.41, 5.74) is 0.0261. The van der Waals surface area contributed by atoms with E-state index in [1.54, 1.807) is 12.1 Å². The molecule has 0 unspecified atom stereocenters. The van der Waals surface area contributed by atoms with Gasteiger partial charge in [0.1, 0.15) is 12.4 Å². The summed E-state index contributed by atoms with van der Waals surface area (Å²) in [5.74, 6) is 0.557. The van der Waals surface area contributed by atoms with Gasteiger partial charge >= 0.3 is 0 Å². The molecule has 0 aliphatic rings. The molecule has 16 nitrogen and oxygen atoms in total. The van der Waals surface area contributed by atoms with Gasteiger partial charge < -0.3 is 61.6 Å². The molecule has 1 rings (SSSR count). The summed E-state index contributed by atoms with van der Waals surface area (Å²) in [6.45, 7) is 15.0. The van der Waals surface area contributed by atoms with Gasteiger partial charge in [0, 0.05) is 18.7 Å². The summed E-state index contributed by atoms with van der Waals surface area (Å²) in [5, 5.41) is 10.7. The van der Waals surface area contributed by atoms with Gasteiger partial charge in [-0.25, -0.2) is 0 Å². The van der Waals surface area contributed by atoms with Crippen LogP contribution in [0.25, 0.3) is 0 Å². The van der Waals surface area contributed by atoms with E-state index in [2.05, 4.69) is 6.92 Å². The highest BCUT2D eigenvalue weighted by molar-refractivity contribution is 5.35. The summed E-state index contributed by atoms with van der Waals surface area (Å²) in [6, 6.07) is 5.92. The van der Waals surface area contributed by atoms with E-state index in [-0.39, 0.29) is 5.69 Å². The van der Waals surface area contributed by atoms with Crippen molar-refractivity contribution in [2.75, 3.05) is 165 Å². The van der Waals surface area contributed by atoms with Gasteiger partial charge in [-0.1, -0.05) is 90.4 Å². The van der Waals surface area contributed by atoms with E-state index in [0.717, 1.165) is 13.0 Å². The Labute approximate surface area is 373 Å². The SMILES string of the molecule is CCCCCCCCCCCCCCCCOCCOCCOCCOCCOCCOCCOCCOCCOCCOCCOCCOCCOc1ccc([N+](=O)[O-])cc1. The topological polar surface area (TPSA) is 163 Å². The molecular formula is C46H85NO15. The zero-order valence-corrected chi connectivity index (χ0v) is 38.5. The van der Waals surface area contributed by atoms with Gasteiger partial charge in [0.05, 0.1) is 157 Å². The molecule has 0 atom stereocenters. The summed E-state index contributed by atoms with van der Waals surface area (Å²) in [7, 11) is 0. The maximum atomic E-state index is 10.7. The Bertz CT molecular complexity index is 1030. The molecule has 62 heavy (non-hydrogen) atoms. The Kier molecular flexibility index (Phi) is 46.7. The first-order valence-corrected chi connectivity index (χ1v) is 23.5. The summed E-state index contributed by atoms with van der Waals surface area (Å²) in [6.07, 6.45) is 19.2. The number of hydrogen-bond acceptors (Lipinski definition) is 15. The Hall–Kier alpha value is -2.06. The van der Waals surface area contributed by atoms with E-state index in [1.165, 1.54) is 95.6 Å². The molecule has 0 heterocycles. The van der Waals surface area contributed by atoms with Crippen molar-refractivity contribution in [1.29, 1.82) is 0 Å². The maximum Gasteiger partial charge on any atom is 0.269 e. The van der Waals surface area contributed by atoms with Crippen molar-refractivity contribution >= 4 is 5.69 Å². The number of hydrogen-bond donors (Lipinski definition) is 0. The van der Waals surface area contributed by atoms with Gasteiger partial charge in [-0.05, 0) is 18.6 Å². The number of nitro benzene ring substituents is 1. The van der Waals surface area contributed by atoms with Crippen LogP contribution in [0.15, 0.2) is 24.3 Å². The average Bonchev–Trinajstić information content (AvgIpc) is 3.28. The Morgan fingerprint density at radius 3 is 0.806 bits per heavy atom. The fourth-order valence-electron chi connectivity index (χ4n) is 5.80. The molecule has 0 aliphatic carbocycles. The first-order chi connectivity index (χ1) is 30.7. The van der Waals surface area contributed by atoms with E-state index in [9.17, 15) is 10.1 Å². The predicted molar refractivity (Wildman–Crippen MR) is 239 cm³/mol. The number of nitro groups is 1. The lowest BCUT2D eigenvalue weighted by Crippen LogP contribution is -2.15. The van der Waals surface area contributed by atoms with Crippen molar-refractivity contribution < 1.29 is 66.5 Å². The van der Waals surface area contributed by atoms with Gasteiger partial charge in [-0.3, -0.25) is 10.1 Å². The van der Waals surface area contributed by atoms with Crippen LogP contribution in [-0.4, -0.2) is 170 Å². The van der Waals surface area contributed by atoms with Gasteiger partial charge in [0.2, 0.25) is 0 Å². The second-order valence-corrected chi connectivity index (χ2v) is 14.5. The van der Waals surface area contributed by atoms with Crippen LogP contribution in [0.3, 0.4) is 0 Å². The third-order valence-electron chi connectivity index (χ3n) is 9.28. The molecule has 0 amide bonds. The van der Waals surface area contributed by atoms with Crippen LogP contribution in [0.2, 0.25) is 0 Å². The van der Waals surface area contributed by atoms with Gasteiger partial charge in [-0.15, -0.1) is 0 Å². The van der Waals surface area contributed by atoms with Crippen LogP contribution < -0.4 is 4.74 Å². The smallest absolute Gasteiger partial charge is 0.269 e. The third kappa shape index (κ3) is 44.5. The van der Waals surface area contributed by atoms with Crippen molar-refractivity contribution in [2.45, 2.75) is 96.8 Å². The van der Waals surface area contributed by atoms with Crippen molar-refractivity contribution in [3.8, 4) is 5.75 Å². The minimum Gasteiger partial charge on any atom is -0.491 e. The van der Waals surface area contributed by atoms with Crippen molar-refractivity contribution in [3.63, 3.8) is 0 Å². The molecule has 0 fully saturated rings. The molecule has 1 aromatic rings. The number of benzene rings is 1. The first kappa shape index (κ1) is 58.0. The summed E-state index contributed by atoms with van der Waals surface area (Å²) >= 11 is 0. The molecule has 0 aliphatic heterocycles. The zero-order valence-electron chi connectivity index (χ0n) is 38.5. The molecular weight excluding hydrogens is 806 g/mol. The molecule has 0 spiro atoms. The zero-order chi connectivity index (χ0) is 44.3. The number of unbranched alkanes of at least 4 members (excludes halogenated alkanes) is 13. The average molecular weight is 892 g/mol. The van der Waals surface area contributed by atoms with Crippen molar-refractivity contribution in [1.82, 2.24) is 0 Å². The molecule has 364 valence electrons. The molecule has 1 aromatic carbocycles. The molecule has 0 aromatic heterocycles. The number of rotatable bonds is 53. The fourth-order valence-corrected chi connectivity index (χ4v) is 5.80. The largest absolute Gasteiger partial charge is 0.491 e. The highest BCUT2D eigenvalue weighted by atomic mass is 16.6. The summed E-state index contributed by atoms with van der Waals surface area (Å²) in [4.78, 5) is 10.2. The summed E-state index contributed by atoms with van der Waals surface area (Å²) < 4.78 is 71.8. The highest BCUT2D eigenvalue weighted by Gasteiger charge is 2.04. The van der Waals surface area contributed by atoms with Crippen LogP contribution >= 0.6 is 0 Å². The molecule has 0 saturated carbocycles. The lowest BCUT2D eigenvalue weighted by atomic mass is 10.0. The lowest BCUT2D eigenvalue weighted by molar-refractivity contribution is -0.384. The van der Waals surface area contributed by atoms with E-state index >= 15 is 0 Å². The number of ether oxygens (including phenoxy) is 13. The lowest BCUT2D eigenvalue weighted by Gasteiger charge is -2.09. The maximum absolute atomic E-state index is 10.7. The van der Waals surface area contributed by atoms with E-state index in [4.69, 9.17) is 61.6 Å². The highest BCUT2D eigenvalue weighted by Crippen LogP contribution is 2.17. The van der Waals surface area contributed by atoms with Crippen LogP contribution in [0.1, 0.15) is 96.8 Å². The quantitative estimate of drug-likeness (QED) is 0.0356. The standard InChI is InChI=1S/C46H85NO15/c1-2-3-4-5-6-7-8-9-10-11-12-13-14-15-20-50-21-22-51-23-24-52-25-26-53-27-28-54-29-30-55-31-32-56-33-34-57-35-36-58-37-38-59-39-40-60-41-42-61-43-44-62-46-18-16-45(17-19-46)47(48)49/h16-19H,2-15,20-44H2,1H3. The van der Waals surface area contributed by atoms with Crippen LogP contribution in [-0.2, 0) is 56.8 Å². The minimum atomic E-state index is -0.449. The van der Waals surface area contributed by atoms with Crippen LogP contribution in [0, 0.1) is 10.1 Å². The molecule has 16 heteroatoms. The number of nitrogens with zero attached hydrogens (tertiary/aromatic N) is 1. The van der Waals surface area contributed by atoms with E-state index in [1.807, 2.05) is 0 Å². The fraction of sp³-hybridized carbons (Fsp3) is 0.870. The molecule has 0 saturated heterocycles. The number of non-ortho nitro benzene ring substituents is 1. The van der Waals surface area contributed by atoms with E-state index < -0.39 is 4.92 Å². The van der Waals surface area contributed by atoms with E-state index in [0.29, 0.717) is 164 Å². The first-order valence-electron chi connectivity index (χ1n) is 23.5. The Morgan fingerprint density at radius 1 is 0.323 bits per heavy atom. The molecule has 0 N–H and O–H groups in total. The normalized spacial score (nSPS) is 11.5. The third-order valence-corrected chi connectivity index (χ3v) is 9.28. The van der Waals surface area contributed by atoms with Gasteiger partial charge in [-0.2, -0.15) is 0 Å². The van der Waals surface area contributed by atoms with Crippen LogP contribution in [0.4, 0.5) is 5.69 Å². The second kappa shape index (κ2) is 49.9. The van der Waals surface area contributed by atoms with Crippen molar-refractivity contribution in [2.24, 2.45) is 0 Å². The molecule has 0 radical (unpaired) electrons. The van der Waals surface area contributed by atoms with Crippen LogP contribution in [0.5, 0.6) is 5.75 Å².